The maximum Gasteiger partial charge on any atom is -0.00474 e. The summed E-state index contributed by atoms with van der Waals surface area (Å²) in [5.74, 6) is 0. The number of hydrogen-bond donors (Lipinski definition) is 0. The molecule has 1 nitrogen and oxygen atoms in total. The zero-order valence-corrected chi connectivity index (χ0v) is 20.1. The smallest absolute Gasteiger partial charge is 0.00474 e. The van der Waals surface area contributed by atoms with Crippen molar-refractivity contribution >= 4 is 0 Å². The van der Waals surface area contributed by atoms with Gasteiger partial charge in [-0.25, -0.2) is 0 Å². The molecule has 0 rings (SSSR count). The van der Waals surface area contributed by atoms with Gasteiger partial charge in [0.1, 0.15) is 0 Å². The lowest BCUT2D eigenvalue weighted by molar-refractivity contribution is 0.321. The van der Waals surface area contributed by atoms with Crippen LogP contribution < -0.4 is 0 Å². The summed E-state index contributed by atoms with van der Waals surface area (Å²) in [5.41, 5.74) is 0. The van der Waals surface area contributed by atoms with Gasteiger partial charge in [-0.3, -0.25) is 0 Å². The Bertz CT molecular complexity index is 93.6. The van der Waals surface area contributed by atoms with Gasteiger partial charge >= 0.3 is 0 Å². The van der Waals surface area contributed by atoms with E-state index in [1.54, 1.807) is 0 Å². The van der Waals surface area contributed by atoms with Crippen molar-refractivity contribution in [1.82, 2.24) is 4.90 Å². The Labute approximate surface area is 180 Å². The first-order chi connectivity index (χ1) is 12.1. The van der Waals surface area contributed by atoms with E-state index >= 15 is 0 Å². The molecule has 0 aromatic heterocycles. The van der Waals surface area contributed by atoms with E-state index < -0.39 is 0 Å². The van der Waals surface area contributed by atoms with E-state index in [0.717, 1.165) is 0 Å². The van der Waals surface area contributed by atoms with Gasteiger partial charge in [-0.2, -0.15) is 0 Å². The van der Waals surface area contributed by atoms with E-state index in [0.29, 0.717) is 0 Å². The SMILES string of the molecule is C.C.C=C.C=C.C=C.CCCC.CCCC.CCCC.CCN(CC)CC. The largest absolute Gasteiger partial charge is 0.304 e. The van der Waals surface area contributed by atoms with Crippen LogP contribution in [0.3, 0.4) is 0 Å². The molecule has 0 aliphatic rings. The highest BCUT2D eigenvalue weighted by Gasteiger charge is 1.89. The first-order valence-electron chi connectivity index (χ1n) is 10.3. The van der Waals surface area contributed by atoms with Gasteiger partial charge in [-0.15, -0.1) is 39.5 Å². The lowest BCUT2D eigenvalue weighted by Gasteiger charge is -2.13. The van der Waals surface area contributed by atoms with Gasteiger partial charge in [0.15, 0.2) is 0 Å². The van der Waals surface area contributed by atoms with Gasteiger partial charge < -0.3 is 4.90 Å². The number of unbranched alkanes of at least 4 members (excludes halogenated alkanes) is 3. The van der Waals surface area contributed by atoms with Gasteiger partial charge in [-0.05, 0) is 19.6 Å². The highest BCUT2D eigenvalue weighted by atomic mass is 15.1. The summed E-state index contributed by atoms with van der Waals surface area (Å²) in [6.45, 7) is 41.2. The van der Waals surface area contributed by atoms with Gasteiger partial charge in [0, 0.05) is 0 Å². The molecule has 27 heavy (non-hydrogen) atoms. The standard InChI is InChI=1S/C6H15N.3C4H10.3C2H4.2CH4/c1-4-7(5-2)6-3;3*1-3-4-2;3*1-2;;/h4-6H2,1-3H3;3*3-4H2,1-2H3;3*1-2H2;2*1H4. The minimum Gasteiger partial charge on any atom is -0.304 e. The van der Waals surface area contributed by atoms with E-state index in [9.17, 15) is 0 Å². The normalized spacial score (nSPS) is 6.44. The van der Waals surface area contributed by atoms with Crippen LogP contribution in [-0.2, 0) is 0 Å². The van der Waals surface area contributed by atoms with Crippen molar-refractivity contribution in [2.75, 3.05) is 19.6 Å². The molecule has 0 radical (unpaired) electrons. The minimum atomic E-state index is 0. The molecule has 174 valence electrons. The van der Waals surface area contributed by atoms with Crippen molar-refractivity contribution in [2.24, 2.45) is 0 Å². The molecular weight excluding hydrogens is 326 g/mol. The van der Waals surface area contributed by atoms with E-state index in [-0.39, 0.29) is 14.9 Å². The summed E-state index contributed by atoms with van der Waals surface area (Å²) in [4.78, 5) is 2.38. The van der Waals surface area contributed by atoms with E-state index in [1.165, 1.54) is 58.2 Å². The highest BCUT2D eigenvalue weighted by Crippen LogP contribution is 1.81. The Morgan fingerprint density at radius 2 is 0.481 bits per heavy atom. The van der Waals surface area contributed by atoms with Crippen LogP contribution in [0.15, 0.2) is 39.5 Å². The lowest BCUT2D eigenvalue weighted by Crippen LogP contribution is -2.21. The molecular formula is C26H65N. The zero-order valence-electron chi connectivity index (χ0n) is 20.1. The van der Waals surface area contributed by atoms with Crippen molar-refractivity contribution in [2.45, 2.75) is 116 Å². The molecule has 0 heterocycles. The molecule has 0 saturated heterocycles. The summed E-state index contributed by atoms with van der Waals surface area (Å²) < 4.78 is 0. The molecule has 0 fully saturated rings. The zero-order chi connectivity index (χ0) is 21.9. The fourth-order valence-electron chi connectivity index (χ4n) is 0.671. The van der Waals surface area contributed by atoms with Crippen LogP contribution >= 0.6 is 0 Å². The molecule has 0 aromatic rings. The van der Waals surface area contributed by atoms with Crippen LogP contribution in [-0.4, -0.2) is 24.5 Å². The molecule has 0 spiro atoms. The maximum absolute atomic E-state index is 3.00. The quantitative estimate of drug-likeness (QED) is 0.407. The molecule has 0 aromatic carbocycles. The second-order valence-electron chi connectivity index (χ2n) is 4.62. The Hall–Kier alpha value is -0.820. The first-order valence-corrected chi connectivity index (χ1v) is 10.3. The Morgan fingerprint density at radius 3 is 0.481 bits per heavy atom. The second kappa shape index (κ2) is 118. The third kappa shape index (κ3) is 202. The summed E-state index contributed by atoms with van der Waals surface area (Å²) >= 11 is 0. The summed E-state index contributed by atoms with van der Waals surface area (Å²) in [5, 5.41) is 0. The number of hydrogen-bond acceptors (Lipinski definition) is 1. The predicted molar refractivity (Wildman–Crippen MR) is 142 cm³/mol. The molecule has 0 unspecified atom stereocenters. The monoisotopic (exact) mass is 392 g/mol. The molecule has 0 aliphatic carbocycles. The first kappa shape index (κ1) is 56.2. The topological polar surface area (TPSA) is 3.24 Å². The second-order valence-corrected chi connectivity index (χ2v) is 4.62. The molecule has 0 N–H and O–H groups in total. The summed E-state index contributed by atoms with van der Waals surface area (Å²) in [7, 11) is 0. The van der Waals surface area contributed by atoms with Crippen LogP contribution in [0, 0.1) is 0 Å². The highest BCUT2D eigenvalue weighted by molar-refractivity contribution is 4.43. The average Bonchev–Trinajstić information content (AvgIpc) is 2.74. The molecule has 0 aliphatic heterocycles. The van der Waals surface area contributed by atoms with Gasteiger partial charge in [0.25, 0.3) is 0 Å². The number of rotatable bonds is 6. The Morgan fingerprint density at radius 1 is 0.370 bits per heavy atom. The average molecular weight is 392 g/mol. The predicted octanol–water partition coefficient (Wildman–Crippen LogP) is 10.4. The van der Waals surface area contributed by atoms with Crippen LogP contribution in [0.1, 0.15) is 116 Å². The lowest BCUT2D eigenvalue weighted by atomic mass is 10.4. The van der Waals surface area contributed by atoms with Crippen LogP contribution in [0.4, 0.5) is 0 Å². The van der Waals surface area contributed by atoms with E-state index in [4.69, 9.17) is 0 Å². The molecule has 0 atom stereocenters. The molecule has 0 saturated carbocycles. The maximum atomic E-state index is 3.00. The van der Waals surface area contributed by atoms with Gasteiger partial charge in [-0.1, -0.05) is 116 Å². The van der Waals surface area contributed by atoms with Crippen molar-refractivity contribution in [1.29, 1.82) is 0 Å². The fourth-order valence-corrected chi connectivity index (χ4v) is 0.671. The Balaban J connectivity index is -0.0000000209. The fraction of sp³-hybridized carbons (Fsp3) is 0.769. The Kier molecular flexibility index (Phi) is 245. The number of nitrogens with zero attached hydrogens (tertiary/aromatic N) is 1. The summed E-state index contributed by atoms with van der Waals surface area (Å²) in [6, 6.07) is 0. The van der Waals surface area contributed by atoms with E-state index in [1.807, 2.05) is 0 Å². The van der Waals surface area contributed by atoms with Crippen LogP contribution in [0.25, 0.3) is 0 Å². The van der Waals surface area contributed by atoms with E-state index in [2.05, 4.69) is 107 Å². The molecule has 0 amide bonds. The summed E-state index contributed by atoms with van der Waals surface area (Å²) in [6.07, 6.45) is 7.92. The third-order valence-electron chi connectivity index (χ3n) is 2.84. The van der Waals surface area contributed by atoms with Gasteiger partial charge in [0.05, 0.1) is 0 Å². The molecule has 1 heteroatoms. The van der Waals surface area contributed by atoms with Crippen molar-refractivity contribution in [3.8, 4) is 0 Å². The van der Waals surface area contributed by atoms with Crippen molar-refractivity contribution in [3.63, 3.8) is 0 Å². The molecule has 0 bridgehead atoms. The van der Waals surface area contributed by atoms with Crippen LogP contribution in [0.2, 0.25) is 0 Å². The van der Waals surface area contributed by atoms with Crippen LogP contribution in [0.5, 0.6) is 0 Å². The van der Waals surface area contributed by atoms with Gasteiger partial charge in [0.2, 0.25) is 0 Å². The van der Waals surface area contributed by atoms with Crippen molar-refractivity contribution < 1.29 is 0 Å². The van der Waals surface area contributed by atoms with Crippen molar-refractivity contribution in [3.05, 3.63) is 39.5 Å². The minimum absolute atomic E-state index is 0. The third-order valence-corrected chi connectivity index (χ3v) is 2.84.